The molecular weight excluding hydrogens is 406 g/mol. The Morgan fingerprint density at radius 3 is 2.67 bits per heavy atom. The number of carbonyl (C=O) groups is 2. The molecule has 0 spiro atoms. The highest BCUT2D eigenvalue weighted by Crippen LogP contribution is 2.42. The number of hydrogen-bond acceptors (Lipinski definition) is 6. The number of fused-ring (bicyclic) bond motifs is 2. The maximum atomic E-state index is 12.1. The second-order valence-electron chi connectivity index (χ2n) is 6.50. The number of nitrogens with zero attached hydrogens (tertiary/aromatic N) is 2. The molecule has 9 heteroatoms. The van der Waals surface area contributed by atoms with E-state index in [1.807, 2.05) is 30.3 Å². The molecule has 4 aromatic rings. The van der Waals surface area contributed by atoms with Crippen molar-refractivity contribution in [2.24, 2.45) is 5.73 Å². The third-order valence-electron chi connectivity index (χ3n) is 4.71. The van der Waals surface area contributed by atoms with Gasteiger partial charge in [0.15, 0.2) is 0 Å². The van der Waals surface area contributed by atoms with Gasteiger partial charge in [-0.15, -0.1) is 11.3 Å². The number of methoxy groups -OCH3 is 1. The van der Waals surface area contributed by atoms with Gasteiger partial charge in [0.1, 0.15) is 17.0 Å². The summed E-state index contributed by atoms with van der Waals surface area (Å²) in [4.78, 5) is 24.6. The number of carbonyl (C=O) groups excluding carboxylic acids is 1. The maximum Gasteiger partial charge on any atom is 0.339 e. The molecule has 30 heavy (non-hydrogen) atoms. The van der Waals surface area contributed by atoms with E-state index in [0.717, 1.165) is 15.0 Å². The Hall–Kier alpha value is -3.43. The van der Waals surface area contributed by atoms with E-state index in [4.69, 9.17) is 15.2 Å². The molecule has 2 aromatic heterocycles. The van der Waals surface area contributed by atoms with Gasteiger partial charge in [0.2, 0.25) is 6.23 Å². The summed E-state index contributed by atoms with van der Waals surface area (Å²) < 4.78 is 13.5. The number of aromatic carboxylic acids is 1. The number of aromatic nitrogens is 2. The summed E-state index contributed by atoms with van der Waals surface area (Å²) >= 11 is 1.51. The predicted molar refractivity (Wildman–Crippen MR) is 114 cm³/mol. The van der Waals surface area contributed by atoms with Gasteiger partial charge >= 0.3 is 5.97 Å². The average Bonchev–Trinajstić information content (AvgIpc) is 3.32. The zero-order valence-corrected chi connectivity index (χ0v) is 17.1. The summed E-state index contributed by atoms with van der Waals surface area (Å²) in [7, 11) is 1.40. The van der Waals surface area contributed by atoms with Crippen LogP contribution >= 0.6 is 11.3 Å². The van der Waals surface area contributed by atoms with Gasteiger partial charge in [-0.3, -0.25) is 4.79 Å². The fourth-order valence-electron chi connectivity index (χ4n) is 3.47. The third kappa shape index (κ3) is 3.17. The van der Waals surface area contributed by atoms with Crippen LogP contribution in [0.15, 0.2) is 42.5 Å². The van der Waals surface area contributed by atoms with E-state index in [0.29, 0.717) is 16.6 Å². The highest BCUT2D eigenvalue weighted by Gasteiger charge is 2.28. The number of thiophene rings is 1. The zero-order valence-electron chi connectivity index (χ0n) is 16.3. The van der Waals surface area contributed by atoms with Crippen molar-refractivity contribution < 1.29 is 24.2 Å². The molecule has 0 saturated heterocycles. The minimum Gasteiger partial charge on any atom is -0.495 e. The minimum atomic E-state index is -1.14. The molecule has 4 rings (SSSR count). The van der Waals surface area contributed by atoms with E-state index < -0.39 is 18.1 Å². The molecule has 0 radical (unpaired) electrons. The Kier molecular flexibility index (Phi) is 5.15. The van der Waals surface area contributed by atoms with Gasteiger partial charge in [-0.1, -0.05) is 18.2 Å². The molecule has 8 nitrogen and oxygen atoms in total. The molecule has 0 saturated carbocycles. The molecule has 1 amide bonds. The second-order valence-corrected chi connectivity index (χ2v) is 7.58. The van der Waals surface area contributed by atoms with Crippen molar-refractivity contribution >= 4 is 44.2 Å². The van der Waals surface area contributed by atoms with Crippen LogP contribution in [-0.2, 0) is 9.53 Å². The van der Waals surface area contributed by atoms with E-state index in [1.54, 1.807) is 13.0 Å². The molecule has 0 aliphatic rings. The molecule has 0 aliphatic carbocycles. The average molecular weight is 425 g/mol. The summed E-state index contributed by atoms with van der Waals surface area (Å²) in [5, 5.41) is 15.8. The lowest BCUT2D eigenvalue weighted by atomic mass is 10.1. The lowest BCUT2D eigenvalue weighted by Gasteiger charge is -2.15. The molecule has 2 heterocycles. The predicted octanol–water partition coefficient (Wildman–Crippen LogP) is 3.65. The number of amides is 1. The van der Waals surface area contributed by atoms with Crippen molar-refractivity contribution in [2.75, 3.05) is 13.7 Å². The van der Waals surface area contributed by atoms with E-state index in [2.05, 4.69) is 5.10 Å². The van der Waals surface area contributed by atoms with Gasteiger partial charge in [0, 0.05) is 11.3 Å². The SMILES string of the molecule is CCOC(C(N)=O)n1nc(-c2cc3ccccc3s2)c2c(OC)c(C(=O)O)ccc21. The Morgan fingerprint density at radius 1 is 1.27 bits per heavy atom. The molecule has 0 bridgehead atoms. The number of ether oxygens (including phenoxy) is 2. The first-order valence-electron chi connectivity index (χ1n) is 9.18. The summed E-state index contributed by atoms with van der Waals surface area (Å²) in [6, 6.07) is 12.8. The van der Waals surface area contributed by atoms with Crippen molar-refractivity contribution in [2.45, 2.75) is 13.2 Å². The van der Waals surface area contributed by atoms with Crippen molar-refractivity contribution in [3.8, 4) is 16.3 Å². The van der Waals surface area contributed by atoms with Gasteiger partial charge in [-0.2, -0.15) is 5.10 Å². The number of carboxylic acid groups (broad SMARTS) is 1. The monoisotopic (exact) mass is 425 g/mol. The number of carboxylic acids is 1. The van der Waals surface area contributed by atoms with Crippen LogP contribution in [0.1, 0.15) is 23.5 Å². The van der Waals surface area contributed by atoms with Gasteiger partial charge in [-0.05, 0) is 36.6 Å². The highest BCUT2D eigenvalue weighted by atomic mass is 32.1. The van der Waals surface area contributed by atoms with Crippen LogP contribution in [0.4, 0.5) is 0 Å². The van der Waals surface area contributed by atoms with Crippen LogP contribution in [0.3, 0.4) is 0 Å². The van der Waals surface area contributed by atoms with Crippen LogP contribution in [0, 0.1) is 0 Å². The number of hydrogen-bond donors (Lipinski definition) is 2. The van der Waals surface area contributed by atoms with Crippen molar-refractivity contribution in [3.63, 3.8) is 0 Å². The van der Waals surface area contributed by atoms with E-state index in [-0.39, 0.29) is 17.9 Å². The Bertz CT molecular complexity index is 1240. The topological polar surface area (TPSA) is 117 Å². The number of primary amides is 1. The quantitative estimate of drug-likeness (QED) is 0.467. The zero-order chi connectivity index (χ0) is 21.4. The lowest BCUT2D eigenvalue weighted by Crippen LogP contribution is -2.29. The molecule has 154 valence electrons. The fourth-order valence-corrected chi connectivity index (χ4v) is 4.52. The van der Waals surface area contributed by atoms with E-state index in [1.165, 1.54) is 29.2 Å². The van der Waals surface area contributed by atoms with Crippen LogP contribution in [0.2, 0.25) is 0 Å². The van der Waals surface area contributed by atoms with Crippen LogP contribution in [0.5, 0.6) is 5.75 Å². The number of nitrogens with two attached hydrogens (primary N) is 1. The Balaban J connectivity index is 2.08. The molecule has 2 aromatic carbocycles. The van der Waals surface area contributed by atoms with Gasteiger partial charge in [0.05, 0.1) is 22.9 Å². The van der Waals surface area contributed by atoms with Crippen LogP contribution in [0.25, 0.3) is 31.6 Å². The summed E-state index contributed by atoms with van der Waals surface area (Å²) in [6.07, 6.45) is -1.14. The lowest BCUT2D eigenvalue weighted by molar-refractivity contribution is -0.135. The number of benzene rings is 2. The van der Waals surface area contributed by atoms with Crippen molar-refractivity contribution in [1.82, 2.24) is 9.78 Å². The van der Waals surface area contributed by atoms with Crippen molar-refractivity contribution in [1.29, 1.82) is 0 Å². The van der Waals surface area contributed by atoms with Crippen molar-refractivity contribution in [3.05, 3.63) is 48.0 Å². The smallest absolute Gasteiger partial charge is 0.339 e. The molecule has 3 N–H and O–H groups in total. The fraction of sp³-hybridized carbons (Fsp3) is 0.190. The highest BCUT2D eigenvalue weighted by molar-refractivity contribution is 7.22. The van der Waals surface area contributed by atoms with Gasteiger partial charge in [0.25, 0.3) is 5.91 Å². The number of rotatable bonds is 7. The summed E-state index contributed by atoms with van der Waals surface area (Å²) in [5.41, 5.74) is 6.54. The first kappa shape index (κ1) is 19.9. The largest absolute Gasteiger partial charge is 0.495 e. The molecule has 1 atom stereocenters. The first-order chi connectivity index (χ1) is 14.5. The van der Waals surface area contributed by atoms with Gasteiger partial charge < -0.3 is 20.3 Å². The maximum absolute atomic E-state index is 12.1. The molecule has 0 fully saturated rings. The molecule has 1 unspecified atom stereocenters. The second kappa shape index (κ2) is 7.77. The molecular formula is C21H19N3O5S. The van der Waals surface area contributed by atoms with Crippen LogP contribution < -0.4 is 10.5 Å². The Labute approximate surface area is 175 Å². The normalized spacial score (nSPS) is 12.3. The third-order valence-corrected chi connectivity index (χ3v) is 5.83. The van der Waals surface area contributed by atoms with Gasteiger partial charge in [-0.25, -0.2) is 9.48 Å². The minimum absolute atomic E-state index is 0.000976. The summed E-state index contributed by atoms with van der Waals surface area (Å²) in [6.45, 7) is 2.00. The van der Waals surface area contributed by atoms with E-state index in [9.17, 15) is 14.7 Å². The molecule has 0 aliphatic heterocycles. The summed E-state index contributed by atoms with van der Waals surface area (Å²) in [5.74, 6) is -1.66. The Morgan fingerprint density at radius 2 is 2.03 bits per heavy atom. The first-order valence-corrected chi connectivity index (χ1v) is 10.00. The standard InChI is InChI=1S/C21H19N3O5S/c1-3-29-20(19(22)25)24-13-9-8-12(21(26)27)18(28-2)16(13)17(23-24)15-10-11-6-4-5-7-14(11)30-15/h4-10,20H,3H2,1-2H3,(H2,22,25)(H,26,27). The van der Waals surface area contributed by atoms with E-state index >= 15 is 0 Å². The van der Waals surface area contributed by atoms with Crippen LogP contribution in [-0.4, -0.2) is 40.5 Å².